The SMILES string of the molecule is CCOc1c(-c2c(O)cccc2F)c(C2CC2)cc2c(N3CCC4(CC3)CN(C(=O)OC(C)(C)C)C4)nc(OC3CCN(C)CC3)nc12. The Morgan fingerprint density at radius 3 is 2.38 bits per heavy atom. The van der Waals surface area contributed by atoms with Gasteiger partial charge in [-0.25, -0.2) is 9.18 Å². The molecule has 3 aliphatic heterocycles. The van der Waals surface area contributed by atoms with Gasteiger partial charge in [-0.2, -0.15) is 9.97 Å². The van der Waals surface area contributed by atoms with E-state index in [0.29, 0.717) is 36.5 Å². The Bertz CT molecular complexity index is 1660. The maximum Gasteiger partial charge on any atom is 0.410 e. The van der Waals surface area contributed by atoms with Crippen molar-refractivity contribution in [3.8, 4) is 28.6 Å². The lowest BCUT2D eigenvalue weighted by Gasteiger charge is -2.53. The number of amides is 1. The Morgan fingerprint density at radius 2 is 1.75 bits per heavy atom. The molecule has 3 aromatic rings. The minimum atomic E-state index is -0.519. The molecule has 0 radical (unpaired) electrons. The van der Waals surface area contributed by atoms with E-state index in [1.54, 1.807) is 0 Å². The van der Waals surface area contributed by atoms with Crippen molar-refractivity contribution in [3.63, 3.8) is 0 Å². The van der Waals surface area contributed by atoms with Crippen molar-refractivity contribution in [2.75, 3.05) is 57.8 Å². The number of anilines is 1. The lowest BCUT2D eigenvalue weighted by molar-refractivity contribution is -0.0434. The maximum absolute atomic E-state index is 15.6. The van der Waals surface area contributed by atoms with Crippen molar-refractivity contribution in [3.05, 3.63) is 35.6 Å². The molecule has 11 heteroatoms. The average molecular weight is 662 g/mol. The zero-order valence-electron chi connectivity index (χ0n) is 28.9. The number of phenols is 1. The summed E-state index contributed by atoms with van der Waals surface area (Å²) in [6, 6.07) is 6.79. The van der Waals surface area contributed by atoms with E-state index in [1.165, 1.54) is 18.2 Å². The number of fused-ring (bicyclic) bond motifs is 1. The normalized spacial score (nSPS) is 20.2. The number of aromatic nitrogens is 2. The van der Waals surface area contributed by atoms with Crippen LogP contribution in [0.25, 0.3) is 22.0 Å². The first-order valence-corrected chi connectivity index (χ1v) is 17.5. The highest BCUT2D eigenvalue weighted by molar-refractivity contribution is 6.01. The minimum absolute atomic E-state index is 0.0127. The zero-order valence-corrected chi connectivity index (χ0v) is 28.9. The van der Waals surface area contributed by atoms with E-state index in [4.69, 9.17) is 24.2 Å². The first kappa shape index (κ1) is 32.7. The summed E-state index contributed by atoms with van der Waals surface area (Å²) < 4.78 is 34.0. The van der Waals surface area contributed by atoms with Gasteiger partial charge in [-0.05, 0) is 103 Å². The van der Waals surface area contributed by atoms with Crippen molar-refractivity contribution in [1.29, 1.82) is 0 Å². The molecular formula is C37H48FN5O5. The summed E-state index contributed by atoms with van der Waals surface area (Å²) in [6.45, 7) is 12.7. The van der Waals surface area contributed by atoms with Gasteiger partial charge in [-0.3, -0.25) is 0 Å². The molecule has 1 amide bonds. The van der Waals surface area contributed by atoms with Gasteiger partial charge in [0.2, 0.25) is 0 Å². The zero-order chi connectivity index (χ0) is 33.8. The number of likely N-dealkylation sites (tertiary alicyclic amines) is 2. The summed E-state index contributed by atoms with van der Waals surface area (Å²) >= 11 is 0. The van der Waals surface area contributed by atoms with E-state index in [1.807, 2.05) is 32.6 Å². The van der Waals surface area contributed by atoms with Crippen LogP contribution in [0.5, 0.6) is 17.5 Å². The molecule has 4 aliphatic rings. The van der Waals surface area contributed by atoms with Gasteiger partial charge in [0, 0.05) is 55.6 Å². The summed E-state index contributed by atoms with van der Waals surface area (Å²) in [5.74, 6) is 0.833. The van der Waals surface area contributed by atoms with Gasteiger partial charge in [0.25, 0.3) is 0 Å². The number of ether oxygens (including phenoxy) is 3. The van der Waals surface area contributed by atoms with E-state index >= 15 is 4.39 Å². The number of aromatic hydroxyl groups is 1. The minimum Gasteiger partial charge on any atom is -0.507 e. The van der Waals surface area contributed by atoms with E-state index in [0.717, 1.165) is 81.5 Å². The molecule has 2 aromatic carbocycles. The molecule has 1 spiro atoms. The average Bonchev–Trinajstić information content (AvgIpc) is 3.86. The molecule has 1 saturated carbocycles. The summed E-state index contributed by atoms with van der Waals surface area (Å²) in [4.78, 5) is 29.2. The first-order valence-electron chi connectivity index (χ1n) is 17.5. The molecule has 4 fully saturated rings. The second-order valence-electron chi connectivity index (χ2n) is 15.2. The van der Waals surface area contributed by atoms with E-state index in [2.05, 4.69) is 22.9 Å². The Labute approximate surface area is 282 Å². The van der Waals surface area contributed by atoms with Gasteiger partial charge >= 0.3 is 12.1 Å². The molecule has 10 nitrogen and oxygen atoms in total. The smallest absolute Gasteiger partial charge is 0.410 e. The molecule has 48 heavy (non-hydrogen) atoms. The molecule has 258 valence electrons. The highest BCUT2D eigenvalue weighted by atomic mass is 19.1. The Balaban J connectivity index is 1.28. The third kappa shape index (κ3) is 6.45. The number of halogens is 1. The molecular weight excluding hydrogens is 613 g/mol. The quantitative estimate of drug-likeness (QED) is 0.296. The van der Waals surface area contributed by atoms with Crippen LogP contribution in [0.2, 0.25) is 0 Å². The van der Waals surface area contributed by atoms with E-state index in [-0.39, 0.29) is 40.9 Å². The van der Waals surface area contributed by atoms with Crippen molar-refractivity contribution in [2.24, 2.45) is 5.41 Å². The molecule has 0 unspecified atom stereocenters. The van der Waals surface area contributed by atoms with Gasteiger partial charge in [-0.1, -0.05) is 6.07 Å². The number of nitrogens with zero attached hydrogens (tertiary/aromatic N) is 5. The number of benzene rings is 2. The third-order valence-electron chi connectivity index (χ3n) is 10.2. The van der Waals surface area contributed by atoms with Gasteiger partial charge in [0.1, 0.15) is 34.6 Å². The predicted molar refractivity (Wildman–Crippen MR) is 183 cm³/mol. The number of phenolic OH excluding ortho intramolecular Hbond substituents is 1. The fraction of sp³-hybridized carbons (Fsp3) is 0.595. The van der Waals surface area contributed by atoms with E-state index in [9.17, 15) is 9.90 Å². The van der Waals surface area contributed by atoms with Crippen molar-refractivity contribution >= 4 is 22.8 Å². The molecule has 0 bridgehead atoms. The fourth-order valence-electron chi connectivity index (χ4n) is 7.51. The molecule has 7 rings (SSSR count). The molecule has 4 heterocycles. The molecule has 3 saturated heterocycles. The predicted octanol–water partition coefficient (Wildman–Crippen LogP) is 6.73. The maximum atomic E-state index is 15.6. The van der Waals surface area contributed by atoms with Crippen LogP contribution in [-0.4, -0.2) is 95.6 Å². The number of hydrogen-bond donors (Lipinski definition) is 1. The fourth-order valence-corrected chi connectivity index (χ4v) is 7.51. The monoisotopic (exact) mass is 661 g/mol. The van der Waals surface area contributed by atoms with Crippen LogP contribution in [0.15, 0.2) is 24.3 Å². The van der Waals surface area contributed by atoms with Crippen molar-refractivity contribution in [2.45, 2.75) is 83.8 Å². The topological polar surface area (TPSA) is 100 Å². The van der Waals surface area contributed by atoms with Crippen molar-refractivity contribution < 1.29 is 28.5 Å². The van der Waals surface area contributed by atoms with Gasteiger partial charge in [0.05, 0.1) is 12.2 Å². The van der Waals surface area contributed by atoms with Crippen LogP contribution in [0.1, 0.15) is 77.7 Å². The van der Waals surface area contributed by atoms with Crippen LogP contribution in [0, 0.1) is 11.2 Å². The highest BCUT2D eigenvalue weighted by Gasteiger charge is 2.48. The first-order chi connectivity index (χ1) is 22.9. The van der Waals surface area contributed by atoms with Crippen molar-refractivity contribution in [1.82, 2.24) is 19.8 Å². The van der Waals surface area contributed by atoms with Crippen LogP contribution in [0.4, 0.5) is 15.0 Å². The summed E-state index contributed by atoms with van der Waals surface area (Å²) in [7, 11) is 2.12. The third-order valence-corrected chi connectivity index (χ3v) is 10.2. The van der Waals surface area contributed by atoms with Crippen LogP contribution >= 0.6 is 0 Å². The van der Waals surface area contributed by atoms with Gasteiger partial charge < -0.3 is 34.0 Å². The molecule has 0 atom stereocenters. The summed E-state index contributed by atoms with van der Waals surface area (Å²) in [5.41, 5.74) is 1.76. The standard InChI is InChI=1S/C37H48FN5O5/c1-6-46-32-29(30-27(38)8-7-9-28(30)44)25(23-10-11-23)20-26-31(32)39-34(47-24-12-16-41(5)17-13-24)40-33(26)42-18-14-37(15-19-42)21-43(22-37)35(45)48-36(2,3)4/h7-9,20,23-24,44H,6,10-19,21-22H2,1-5H3. The Hall–Kier alpha value is -3.86. The Morgan fingerprint density at radius 1 is 1.04 bits per heavy atom. The summed E-state index contributed by atoms with van der Waals surface area (Å²) in [6.07, 6.45) is 5.28. The van der Waals surface area contributed by atoms with Crippen LogP contribution < -0.4 is 14.4 Å². The summed E-state index contributed by atoms with van der Waals surface area (Å²) in [5, 5.41) is 11.8. The molecule has 1 aliphatic carbocycles. The van der Waals surface area contributed by atoms with Crippen LogP contribution in [-0.2, 0) is 4.74 Å². The van der Waals surface area contributed by atoms with Crippen LogP contribution in [0.3, 0.4) is 0 Å². The second kappa shape index (κ2) is 12.5. The number of rotatable bonds is 7. The Kier molecular flexibility index (Phi) is 8.54. The van der Waals surface area contributed by atoms with Gasteiger partial charge in [-0.15, -0.1) is 0 Å². The largest absolute Gasteiger partial charge is 0.507 e. The van der Waals surface area contributed by atoms with E-state index < -0.39 is 11.4 Å². The number of piperidine rings is 2. The molecule has 1 aromatic heterocycles. The number of carbonyl (C=O) groups is 1. The molecule has 1 N–H and O–H groups in total. The second-order valence-corrected chi connectivity index (χ2v) is 15.2. The lowest BCUT2D eigenvalue weighted by Crippen LogP contribution is -2.62. The van der Waals surface area contributed by atoms with Gasteiger partial charge in [0.15, 0.2) is 5.75 Å². The highest BCUT2D eigenvalue weighted by Crippen LogP contribution is 2.53. The number of hydrogen-bond acceptors (Lipinski definition) is 9. The lowest BCUT2D eigenvalue weighted by atomic mass is 9.72. The number of carbonyl (C=O) groups excluding carboxylic acids is 1.